The first-order valence-electron chi connectivity index (χ1n) is 8.23. The molecule has 0 unspecified atom stereocenters. The molecule has 2 rings (SSSR count). The van der Waals surface area contributed by atoms with Gasteiger partial charge in [0.15, 0.2) is 6.61 Å². The highest BCUT2D eigenvalue weighted by molar-refractivity contribution is 5.95. The predicted octanol–water partition coefficient (Wildman–Crippen LogP) is 3.28. The summed E-state index contributed by atoms with van der Waals surface area (Å²) in [6.07, 6.45) is 0.125. The van der Waals surface area contributed by atoms with Crippen molar-refractivity contribution in [2.75, 3.05) is 19.0 Å². The van der Waals surface area contributed by atoms with E-state index in [0.717, 1.165) is 5.56 Å². The van der Waals surface area contributed by atoms with Crippen molar-refractivity contribution in [3.05, 3.63) is 64.2 Å². The van der Waals surface area contributed by atoms with Crippen LogP contribution in [0.25, 0.3) is 0 Å². The van der Waals surface area contributed by atoms with E-state index in [1.807, 2.05) is 37.3 Å². The lowest BCUT2D eigenvalue weighted by atomic mass is 9.98. The van der Waals surface area contributed by atoms with E-state index in [1.165, 1.54) is 25.3 Å². The number of nitrogens with zero attached hydrogens (tertiary/aromatic N) is 1. The Morgan fingerprint density at radius 1 is 1.19 bits per heavy atom. The molecule has 8 nitrogen and oxygen atoms in total. The zero-order valence-electron chi connectivity index (χ0n) is 15.0. The van der Waals surface area contributed by atoms with Crippen molar-refractivity contribution in [2.24, 2.45) is 0 Å². The van der Waals surface area contributed by atoms with Gasteiger partial charge in [0.2, 0.25) is 0 Å². The highest BCUT2D eigenvalue weighted by Crippen LogP contribution is 2.28. The van der Waals surface area contributed by atoms with Crippen LogP contribution in [0.4, 0.5) is 11.4 Å². The van der Waals surface area contributed by atoms with E-state index in [4.69, 9.17) is 9.47 Å². The fraction of sp³-hybridized carbons (Fsp3) is 0.263. The third kappa shape index (κ3) is 5.81. The summed E-state index contributed by atoms with van der Waals surface area (Å²) < 4.78 is 9.90. The number of nitrogens with one attached hydrogen (secondary N) is 1. The van der Waals surface area contributed by atoms with Gasteiger partial charge in [0.25, 0.3) is 11.6 Å². The molecule has 2 aromatic rings. The molecule has 0 aliphatic rings. The van der Waals surface area contributed by atoms with Crippen LogP contribution in [0.2, 0.25) is 0 Å². The molecule has 0 spiro atoms. The highest BCUT2D eigenvalue weighted by atomic mass is 16.6. The van der Waals surface area contributed by atoms with Gasteiger partial charge in [0.05, 0.1) is 24.5 Å². The van der Waals surface area contributed by atoms with E-state index in [2.05, 4.69) is 5.32 Å². The summed E-state index contributed by atoms with van der Waals surface area (Å²) >= 11 is 0. The number of amides is 1. The number of benzene rings is 2. The molecule has 2 aromatic carbocycles. The van der Waals surface area contributed by atoms with Crippen LogP contribution in [0.3, 0.4) is 0 Å². The van der Waals surface area contributed by atoms with Crippen LogP contribution in [-0.4, -0.2) is 30.5 Å². The Morgan fingerprint density at radius 2 is 1.89 bits per heavy atom. The molecular formula is C19H20N2O6. The van der Waals surface area contributed by atoms with Crippen LogP contribution in [0.1, 0.15) is 24.8 Å². The molecule has 0 aliphatic heterocycles. The van der Waals surface area contributed by atoms with Gasteiger partial charge in [-0.15, -0.1) is 0 Å². The first-order valence-corrected chi connectivity index (χ1v) is 8.23. The Hall–Kier alpha value is -3.42. The van der Waals surface area contributed by atoms with Gasteiger partial charge in [-0.25, -0.2) is 0 Å². The van der Waals surface area contributed by atoms with Crippen LogP contribution >= 0.6 is 0 Å². The lowest BCUT2D eigenvalue weighted by Gasteiger charge is -2.12. The van der Waals surface area contributed by atoms with Crippen molar-refractivity contribution in [2.45, 2.75) is 19.3 Å². The van der Waals surface area contributed by atoms with Crippen molar-refractivity contribution in [1.29, 1.82) is 0 Å². The zero-order valence-corrected chi connectivity index (χ0v) is 15.0. The number of methoxy groups -OCH3 is 1. The number of esters is 1. The molecule has 142 valence electrons. The van der Waals surface area contributed by atoms with Crippen molar-refractivity contribution in [3.8, 4) is 5.75 Å². The normalized spacial score (nSPS) is 11.3. The zero-order chi connectivity index (χ0) is 19.8. The van der Waals surface area contributed by atoms with Gasteiger partial charge in [-0.2, -0.15) is 0 Å². The third-order valence-electron chi connectivity index (χ3n) is 3.88. The molecule has 0 aromatic heterocycles. The number of anilines is 1. The van der Waals surface area contributed by atoms with Gasteiger partial charge in [-0.3, -0.25) is 19.7 Å². The molecule has 1 atom stereocenters. The third-order valence-corrected chi connectivity index (χ3v) is 3.88. The first-order chi connectivity index (χ1) is 12.9. The molecule has 1 amide bonds. The molecule has 8 heteroatoms. The Balaban J connectivity index is 1.89. The van der Waals surface area contributed by atoms with Crippen LogP contribution in [0.5, 0.6) is 5.75 Å². The first kappa shape index (κ1) is 19.9. The van der Waals surface area contributed by atoms with Crippen LogP contribution in [0.15, 0.2) is 48.5 Å². The summed E-state index contributed by atoms with van der Waals surface area (Å²) in [6.45, 7) is 1.36. The number of hydrogen-bond donors (Lipinski definition) is 1. The number of nitro groups is 1. The molecule has 0 bridgehead atoms. The van der Waals surface area contributed by atoms with E-state index in [9.17, 15) is 19.7 Å². The average molecular weight is 372 g/mol. The number of carbonyl (C=O) groups is 2. The number of rotatable bonds is 8. The molecule has 0 heterocycles. The quantitative estimate of drug-likeness (QED) is 0.433. The summed E-state index contributed by atoms with van der Waals surface area (Å²) in [5.41, 5.74) is 0.680. The Kier molecular flexibility index (Phi) is 6.87. The predicted molar refractivity (Wildman–Crippen MR) is 98.7 cm³/mol. The van der Waals surface area contributed by atoms with Crippen molar-refractivity contribution in [1.82, 2.24) is 0 Å². The lowest BCUT2D eigenvalue weighted by Crippen LogP contribution is -2.22. The van der Waals surface area contributed by atoms with Crippen LogP contribution in [0, 0.1) is 10.1 Å². The molecule has 27 heavy (non-hydrogen) atoms. The van der Waals surface area contributed by atoms with Gasteiger partial charge in [0.1, 0.15) is 11.4 Å². The minimum absolute atomic E-state index is 0.000461. The summed E-state index contributed by atoms with van der Waals surface area (Å²) in [5, 5.41) is 13.5. The summed E-state index contributed by atoms with van der Waals surface area (Å²) in [6, 6.07) is 13.5. The van der Waals surface area contributed by atoms with Gasteiger partial charge < -0.3 is 14.8 Å². The van der Waals surface area contributed by atoms with E-state index in [-0.39, 0.29) is 23.7 Å². The molecular weight excluding hydrogens is 352 g/mol. The monoisotopic (exact) mass is 372 g/mol. The fourth-order valence-electron chi connectivity index (χ4n) is 2.44. The van der Waals surface area contributed by atoms with E-state index in [0.29, 0.717) is 5.75 Å². The number of ether oxygens (including phenoxy) is 2. The van der Waals surface area contributed by atoms with Gasteiger partial charge in [-0.05, 0) is 23.6 Å². The van der Waals surface area contributed by atoms with E-state index < -0.39 is 23.4 Å². The van der Waals surface area contributed by atoms with Crippen LogP contribution in [-0.2, 0) is 14.3 Å². The molecule has 0 radical (unpaired) electrons. The number of carbonyl (C=O) groups excluding carboxylic acids is 2. The minimum atomic E-state index is -0.663. The fourth-order valence-corrected chi connectivity index (χ4v) is 2.44. The van der Waals surface area contributed by atoms with Crippen molar-refractivity contribution >= 4 is 23.3 Å². The largest absolute Gasteiger partial charge is 0.496 e. The topological polar surface area (TPSA) is 108 Å². The van der Waals surface area contributed by atoms with Gasteiger partial charge in [0, 0.05) is 0 Å². The summed E-state index contributed by atoms with van der Waals surface area (Å²) in [4.78, 5) is 34.3. The van der Waals surface area contributed by atoms with Crippen LogP contribution < -0.4 is 10.1 Å². The number of nitro benzene ring substituents is 1. The SMILES string of the molecule is COc1ccc(NC(=O)COC(=O)C[C@@H](C)c2ccccc2)c([N+](=O)[O-])c1. The maximum Gasteiger partial charge on any atom is 0.306 e. The minimum Gasteiger partial charge on any atom is -0.496 e. The summed E-state index contributed by atoms with van der Waals surface area (Å²) in [5.74, 6) is -0.944. The molecule has 1 N–H and O–H groups in total. The van der Waals surface area contributed by atoms with E-state index >= 15 is 0 Å². The maximum atomic E-state index is 12.0. The Labute approximate surface area is 156 Å². The molecule has 0 saturated carbocycles. The standard InChI is InChI=1S/C19H20N2O6/c1-13(14-6-4-3-5-7-14)10-19(23)27-12-18(22)20-16-9-8-15(26-2)11-17(16)21(24)25/h3-9,11,13H,10,12H2,1-2H3,(H,20,22)/t13-/m1/s1. The Morgan fingerprint density at radius 3 is 2.52 bits per heavy atom. The second kappa shape index (κ2) is 9.33. The number of hydrogen-bond acceptors (Lipinski definition) is 6. The van der Waals surface area contributed by atoms with Crippen molar-refractivity contribution in [3.63, 3.8) is 0 Å². The molecule has 0 aliphatic carbocycles. The maximum absolute atomic E-state index is 12.0. The van der Waals surface area contributed by atoms with Gasteiger partial charge >= 0.3 is 5.97 Å². The highest BCUT2D eigenvalue weighted by Gasteiger charge is 2.18. The van der Waals surface area contributed by atoms with Crippen molar-refractivity contribution < 1.29 is 24.0 Å². The van der Waals surface area contributed by atoms with E-state index in [1.54, 1.807) is 0 Å². The van der Waals surface area contributed by atoms with Gasteiger partial charge in [-0.1, -0.05) is 37.3 Å². The smallest absolute Gasteiger partial charge is 0.306 e. The second-order valence-electron chi connectivity index (χ2n) is 5.86. The lowest BCUT2D eigenvalue weighted by molar-refractivity contribution is -0.384. The Bertz CT molecular complexity index is 822. The molecule has 0 fully saturated rings. The summed E-state index contributed by atoms with van der Waals surface area (Å²) in [7, 11) is 1.38. The average Bonchev–Trinajstić information content (AvgIpc) is 2.67. The second-order valence-corrected chi connectivity index (χ2v) is 5.86. The molecule has 0 saturated heterocycles.